The van der Waals surface area contributed by atoms with Gasteiger partial charge in [-0.3, -0.25) is 0 Å². The van der Waals surface area contributed by atoms with Crippen LogP contribution < -0.4 is 5.32 Å². The molecule has 0 saturated carbocycles. The van der Waals surface area contributed by atoms with Crippen molar-refractivity contribution in [2.45, 2.75) is 32.2 Å². The van der Waals surface area contributed by atoms with Crippen LogP contribution >= 0.6 is 11.6 Å². The molecule has 1 unspecified atom stereocenters. The number of rotatable bonds is 6. The highest BCUT2D eigenvalue weighted by atomic mass is 35.5. The number of hydrogen-bond acceptors (Lipinski definition) is 1. The summed E-state index contributed by atoms with van der Waals surface area (Å²) in [4.78, 5) is 0. The van der Waals surface area contributed by atoms with E-state index in [4.69, 9.17) is 11.6 Å². The van der Waals surface area contributed by atoms with Crippen LogP contribution in [0.15, 0.2) is 48.5 Å². The zero-order chi connectivity index (χ0) is 15.2. The van der Waals surface area contributed by atoms with Crippen LogP contribution in [0.3, 0.4) is 0 Å². The summed E-state index contributed by atoms with van der Waals surface area (Å²) in [6, 6.07) is 15.1. The molecule has 2 rings (SSSR count). The number of nitrogens with one attached hydrogen (secondary N) is 1. The molecule has 0 heterocycles. The van der Waals surface area contributed by atoms with Crippen LogP contribution in [0.25, 0.3) is 0 Å². The minimum Gasteiger partial charge on any atom is -0.314 e. The van der Waals surface area contributed by atoms with Crippen molar-refractivity contribution in [1.82, 2.24) is 5.32 Å². The zero-order valence-corrected chi connectivity index (χ0v) is 13.2. The molecule has 2 aromatic carbocycles. The highest BCUT2D eigenvalue weighted by molar-refractivity contribution is 6.30. The molecule has 0 aliphatic carbocycles. The van der Waals surface area contributed by atoms with Crippen molar-refractivity contribution in [2.75, 3.05) is 6.54 Å². The van der Waals surface area contributed by atoms with E-state index in [0.29, 0.717) is 12.0 Å². The predicted octanol–water partition coefficient (Wildman–Crippen LogP) is 4.80. The van der Waals surface area contributed by atoms with Crippen LogP contribution in [0.4, 0.5) is 4.39 Å². The zero-order valence-electron chi connectivity index (χ0n) is 12.4. The molecule has 1 nitrogen and oxygen atoms in total. The Morgan fingerprint density at radius 2 is 1.81 bits per heavy atom. The summed E-state index contributed by atoms with van der Waals surface area (Å²) in [5.74, 6) is 0.101. The fraction of sp³-hybridized carbons (Fsp3) is 0.333. The Kier molecular flexibility index (Phi) is 5.77. The molecule has 0 aromatic heterocycles. The van der Waals surface area contributed by atoms with E-state index in [0.717, 1.165) is 23.6 Å². The van der Waals surface area contributed by atoms with Crippen LogP contribution in [-0.2, 0) is 6.42 Å². The van der Waals surface area contributed by atoms with Gasteiger partial charge in [0.2, 0.25) is 0 Å². The maximum atomic E-state index is 13.1. The molecule has 1 atom stereocenters. The lowest BCUT2D eigenvalue weighted by atomic mass is 9.91. The number of halogens is 2. The first-order valence-electron chi connectivity index (χ1n) is 7.28. The van der Waals surface area contributed by atoms with Crippen LogP contribution in [0.5, 0.6) is 0 Å². The highest BCUT2D eigenvalue weighted by Crippen LogP contribution is 2.22. The summed E-state index contributed by atoms with van der Waals surface area (Å²) in [5, 5.41) is 4.22. The molecule has 0 radical (unpaired) electrons. The van der Waals surface area contributed by atoms with Gasteiger partial charge >= 0.3 is 0 Å². The fourth-order valence-corrected chi connectivity index (χ4v) is 2.58. The van der Waals surface area contributed by atoms with Gasteiger partial charge in [0, 0.05) is 23.5 Å². The monoisotopic (exact) mass is 305 g/mol. The number of hydrogen-bond donors (Lipinski definition) is 1. The van der Waals surface area contributed by atoms with Crippen LogP contribution in [-0.4, -0.2) is 12.6 Å². The van der Waals surface area contributed by atoms with Crippen molar-refractivity contribution in [2.24, 2.45) is 0 Å². The average Bonchev–Trinajstić information content (AvgIpc) is 2.44. The Bertz CT molecular complexity index is 566. The molecule has 0 aliphatic rings. The van der Waals surface area contributed by atoms with Crippen molar-refractivity contribution in [3.8, 4) is 0 Å². The largest absolute Gasteiger partial charge is 0.314 e. The molecule has 0 saturated heterocycles. The second-order valence-corrected chi connectivity index (χ2v) is 6.08. The lowest BCUT2D eigenvalue weighted by Gasteiger charge is -2.20. The van der Waals surface area contributed by atoms with E-state index < -0.39 is 0 Å². The van der Waals surface area contributed by atoms with Crippen molar-refractivity contribution < 1.29 is 4.39 Å². The van der Waals surface area contributed by atoms with E-state index in [2.05, 4.69) is 25.2 Å². The summed E-state index contributed by atoms with van der Waals surface area (Å²) in [6.45, 7) is 5.11. The summed E-state index contributed by atoms with van der Waals surface area (Å²) in [5.41, 5.74) is 2.34. The van der Waals surface area contributed by atoms with E-state index in [9.17, 15) is 4.39 Å². The quantitative estimate of drug-likeness (QED) is 0.808. The third-order valence-corrected chi connectivity index (χ3v) is 3.72. The molecule has 0 bridgehead atoms. The maximum absolute atomic E-state index is 13.1. The van der Waals surface area contributed by atoms with Gasteiger partial charge in [-0.1, -0.05) is 49.7 Å². The third kappa shape index (κ3) is 5.14. The van der Waals surface area contributed by atoms with Crippen molar-refractivity contribution in [3.05, 3.63) is 70.5 Å². The minimum atomic E-state index is -0.197. The van der Waals surface area contributed by atoms with Gasteiger partial charge in [0.05, 0.1) is 0 Å². The van der Waals surface area contributed by atoms with Crippen molar-refractivity contribution in [3.63, 3.8) is 0 Å². The van der Waals surface area contributed by atoms with E-state index in [1.165, 1.54) is 17.7 Å². The lowest BCUT2D eigenvalue weighted by molar-refractivity contribution is 0.526. The van der Waals surface area contributed by atoms with E-state index >= 15 is 0 Å². The molecule has 0 fully saturated rings. The SMILES string of the molecule is CC(C)NCC(Cc1cccc(Cl)c1)c1ccc(F)cc1. The molecule has 2 aromatic rings. The molecule has 21 heavy (non-hydrogen) atoms. The predicted molar refractivity (Wildman–Crippen MR) is 87.4 cm³/mol. The Labute approximate surface area is 131 Å². The van der Waals surface area contributed by atoms with Gasteiger partial charge in [-0.05, 0) is 41.8 Å². The van der Waals surface area contributed by atoms with Gasteiger partial charge in [-0.2, -0.15) is 0 Å². The molecule has 0 aliphatic heterocycles. The first-order chi connectivity index (χ1) is 10.0. The Hall–Kier alpha value is -1.38. The first-order valence-corrected chi connectivity index (χ1v) is 7.65. The second kappa shape index (κ2) is 7.58. The molecule has 1 N–H and O–H groups in total. The summed E-state index contributed by atoms with van der Waals surface area (Å²) >= 11 is 6.06. The molecule has 3 heteroatoms. The van der Waals surface area contributed by atoms with Gasteiger partial charge in [0.1, 0.15) is 5.82 Å². The van der Waals surface area contributed by atoms with Gasteiger partial charge in [0.15, 0.2) is 0 Å². The van der Waals surface area contributed by atoms with E-state index in [-0.39, 0.29) is 5.82 Å². The van der Waals surface area contributed by atoms with E-state index in [1.807, 2.05) is 30.3 Å². The second-order valence-electron chi connectivity index (χ2n) is 5.65. The summed E-state index contributed by atoms with van der Waals surface area (Å²) < 4.78 is 13.1. The fourth-order valence-electron chi connectivity index (χ4n) is 2.37. The normalized spacial score (nSPS) is 12.6. The molecular weight excluding hydrogens is 285 g/mol. The van der Waals surface area contributed by atoms with Gasteiger partial charge < -0.3 is 5.32 Å². The molecule has 0 amide bonds. The molecule has 112 valence electrons. The van der Waals surface area contributed by atoms with Crippen molar-refractivity contribution in [1.29, 1.82) is 0 Å². The molecule has 0 spiro atoms. The third-order valence-electron chi connectivity index (χ3n) is 3.49. The van der Waals surface area contributed by atoms with Gasteiger partial charge in [0.25, 0.3) is 0 Å². The highest BCUT2D eigenvalue weighted by Gasteiger charge is 2.13. The number of benzene rings is 2. The maximum Gasteiger partial charge on any atom is 0.123 e. The smallest absolute Gasteiger partial charge is 0.123 e. The van der Waals surface area contributed by atoms with Crippen LogP contribution in [0, 0.1) is 5.82 Å². The Morgan fingerprint density at radius 3 is 2.43 bits per heavy atom. The van der Waals surface area contributed by atoms with Crippen LogP contribution in [0.1, 0.15) is 30.9 Å². The standard InChI is InChI=1S/C18H21ClFN/c1-13(2)21-12-16(15-6-8-18(20)9-7-15)10-14-4-3-5-17(19)11-14/h3-9,11,13,16,21H,10,12H2,1-2H3. The Morgan fingerprint density at radius 1 is 1.10 bits per heavy atom. The average molecular weight is 306 g/mol. The first kappa shape index (κ1) is 16.0. The van der Waals surface area contributed by atoms with Crippen molar-refractivity contribution >= 4 is 11.6 Å². The summed E-state index contributed by atoms with van der Waals surface area (Å²) in [6.07, 6.45) is 0.881. The Balaban J connectivity index is 2.17. The minimum absolute atomic E-state index is 0.197. The van der Waals surface area contributed by atoms with Crippen LogP contribution in [0.2, 0.25) is 5.02 Å². The van der Waals surface area contributed by atoms with Gasteiger partial charge in [-0.15, -0.1) is 0 Å². The summed E-state index contributed by atoms with van der Waals surface area (Å²) in [7, 11) is 0. The lowest BCUT2D eigenvalue weighted by Crippen LogP contribution is -2.29. The topological polar surface area (TPSA) is 12.0 Å². The van der Waals surface area contributed by atoms with E-state index in [1.54, 1.807) is 0 Å². The molecular formula is C18H21ClFN. The van der Waals surface area contributed by atoms with Gasteiger partial charge in [-0.25, -0.2) is 4.39 Å².